The van der Waals surface area contributed by atoms with Crippen LogP contribution in [0.4, 0.5) is 0 Å². The molecule has 0 N–H and O–H groups in total. The summed E-state index contributed by atoms with van der Waals surface area (Å²) in [5.74, 6) is 1.78. The summed E-state index contributed by atoms with van der Waals surface area (Å²) in [6.07, 6.45) is 0. The zero-order chi connectivity index (χ0) is 69.8. The molecule has 0 aliphatic rings. The Morgan fingerprint density at radius 2 is 0.453 bits per heavy atom. The minimum absolute atomic E-state index is 0.588. The third-order valence-corrected chi connectivity index (χ3v) is 21.2. The molecule has 21 rings (SSSR count). The van der Waals surface area contributed by atoms with Crippen LogP contribution in [0.2, 0.25) is 0 Å². The monoisotopic (exact) mass is 1350 g/mol. The largest absolute Gasteiger partial charge is 0.309 e. The minimum Gasteiger partial charge on any atom is -0.309 e. The van der Waals surface area contributed by atoms with Crippen molar-refractivity contribution >= 4 is 87.2 Å². The van der Waals surface area contributed by atoms with Crippen LogP contribution in [-0.2, 0) is 0 Å². The SMILES string of the molecule is c1ccc(-c2cc(-c3ccccc3)nc(-c3cccc(-n4c5ccc(-c6ccc(-c7cccc(-c8nc(-c9ccccc9)nc(-c9cccc(-n%10c%11ccccc%11c%11cc%12c%13ccccc%13n(-c%13ccccc%13)c%12cc%11%10)c9)n8)c7)cc6)cc5c5cc6c7ccccc7n(-c7ccccc7)c6cc54)c3)c2)cc1. The zero-order valence-electron chi connectivity index (χ0n) is 57.4. The fraction of sp³-hybridized carbons (Fsp3) is 0. The molecule has 21 aromatic rings. The topological polar surface area (TPSA) is 71.3 Å². The third kappa shape index (κ3) is 10.1. The number of rotatable bonds is 12. The van der Waals surface area contributed by atoms with E-state index in [0.717, 1.165) is 128 Å². The van der Waals surface area contributed by atoms with Gasteiger partial charge in [-0.1, -0.05) is 255 Å². The molecule has 15 aromatic carbocycles. The van der Waals surface area contributed by atoms with Gasteiger partial charge in [0.2, 0.25) is 0 Å². The fourth-order valence-corrected chi connectivity index (χ4v) is 16.2. The van der Waals surface area contributed by atoms with E-state index < -0.39 is 0 Å². The second kappa shape index (κ2) is 24.7. The second-order valence-electron chi connectivity index (χ2n) is 27.4. The van der Waals surface area contributed by atoms with Crippen molar-refractivity contribution in [2.75, 3.05) is 0 Å². The van der Waals surface area contributed by atoms with Crippen LogP contribution in [0, 0.1) is 0 Å². The molecule has 0 radical (unpaired) electrons. The molecule has 8 nitrogen and oxygen atoms in total. The smallest absolute Gasteiger partial charge is 0.164 e. The number of hydrogen-bond donors (Lipinski definition) is 0. The molecule has 8 heteroatoms. The molecular weight excluding hydrogens is 1290 g/mol. The molecule has 0 aliphatic heterocycles. The first-order valence-electron chi connectivity index (χ1n) is 36.0. The van der Waals surface area contributed by atoms with E-state index >= 15 is 0 Å². The zero-order valence-corrected chi connectivity index (χ0v) is 57.4. The Morgan fingerprint density at radius 1 is 0.142 bits per heavy atom. The first kappa shape index (κ1) is 60.4. The van der Waals surface area contributed by atoms with Gasteiger partial charge in [-0.15, -0.1) is 0 Å². The Bertz CT molecular complexity index is 6980. The average molecular weight is 1350 g/mol. The molecule has 0 unspecified atom stereocenters. The Kier molecular flexibility index (Phi) is 14.1. The number of hydrogen-bond acceptors (Lipinski definition) is 4. The number of benzene rings is 15. The highest BCUT2D eigenvalue weighted by Crippen LogP contribution is 2.45. The summed E-state index contributed by atoms with van der Waals surface area (Å²) >= 11 is 0. The van der Waals surface area contributed by atoms with Gasteiger partial charge in [0.1, 0.15) is 0 Å². The molecule has 6 aromatic heterocycles. The summed E-state index contributed by atoms with van der Waals surface area (Å²) in [6.45, 7) is 0. The second-order valence-corrected chi connectivity index (χ2v) is 27.4. The summed E-state index contributed by atoms with van der Waals surface area (Å²) in [5.41, 5.74) is 26.6. The lowest BCUT2D eigenvalue weighted by Gasteiger charge is -2.13. The van der Waals surface area contributed by atoms with Gasteiger partial charge in [-0.05, 0) is 155 Å². The van der Waals surface area contributed by atoms with E-state index in [1.54, 1.807) is 0 Å². The van der Waals surface area contributed by atoms with Crippen LogP contribution in [0.1, 0.15) is 0 Å². The van der Waals surface area contributed by atoms with Crippen LogP contribution in [0.25, 0.3) is 200 Å². The van der Waals surface area contributed by atoms with Gasteiger partial charge in [0.05, 0.1) is 55.5 Å². The highest BCUT2D eigenvalue weighted by molar-refractivity contribution is 6.21. The maximum absolute atomic E-state index is 5.39. The standard InChI is InChI=1S/C98H62N8/c1-6-25-63(26-7-1)73-57-86(66-27-8-2-9-28-66)99-87(58-73)70-32-23-39-76(54-70)106-91-52-51-69(56-81(91)85-60-84-79-42-17-20-45-89(79)104(93(84)62-95(85)106)75-37-14-5-15-38-75)65-49-47-64(48-50-65)68-31-22-33-71(53-68)97-100-96(67-29-10-3-11-30-67)101-98(102-97)72-34-24-40-77(55-72)105-90-46-21-18-43-80(90)83-59-82-78-41-16-19-44-88(78)103(92(82)61-94(83)105)74-35-12-4-13-36-74/h1-62H. The van der Waals surface area contributed by atoms with E-state index in [2.05, 4.69) is 376 Å². The maximum atomic E-state index is 5.39. The molecule has 0 saturated heterocycles. The van der Waals surface area contributed by atoms with Crippen molar-refractivity contribution in [1.29, 1.82) is 0 Å². The highest BCUT2D eigenvalue weighted by Gasteiger charge is 2.24. The third-order valence-electron chi connectivity index (χ3n) is 21.2. The summed E-state index contributed by atoms with van der Waals surface area (Å²) in [5, 5.41) is 9.57. The lowest BCUT2D eigenvalue weighted by molar-refractivity contribution is 1.07. The fourth-order valence-electron chi connectivity index (χ4n) is 16.2. The minimum atomic E-state index is 0.588. The molecule has 0 bridgehead atoms. The van der Waals surface area contributed by atoms with Gasteiger partial charge in [-0.25, -0.2) is 19.9 Å². The van der Waals surface area contributed by atoms with E-state index in [-0.39, 0.29) is 0 Å². The number of fused-ring (bicyclic) bond motifs is 12. The van der Waals surface area contributed by atoms with Crippen LogP contribution in [-0.4, -0.2) is 38.2 Å². The highest BCUT2D eigenvalue weighted by atomic mass is 15.0. The van der Waals surface area contributed by atoms with Crippen LogP contribution >= 0.6 is 0 Å². The van der Waals surface area contributed by atoms with Crippen molar-refractivity contribution in [2.45, 2.75) is 0 Å². The predicted molar refractivity (Wildman–Crippen MR) is 438 cm³/mol. The van der Waals surface area contributed by atoms with Crippen molar-refractivity contribution < 1.29 is 0 Å². The van der Waals surface area contributed by atoms with Gasteiger partial charge < -0.3 is 18.3 Å². The first-order chi connectivity index (χ1) is 52.5. The van der Waals surface area contributed by atoms with Gasteiger partial charge in [0, 0.05) is 93.7 Å². The van der Waals surface area contributed by atoms with Crippen molar-refractivity contribution in [2.24, 2.45) is 0 Å². The summed E-state index contributed by atoms with van der Waals surface area (Å²) in [6, 6.07) is 135. The molecule has 0 atom stereocenters. The van der Waals surface area contributed by atoms with E-state index in [1.165, 1.54) is 54.1 Å². The van der Waals surface area contributed by atoms with Crippen LogP contribution < -0.4 is 0 Å². The molecular formula is C98H62N8. The van der Waals surface area contributed by atoms with Crippen molar-refractivity contribution in [1.82, 2.24) is 38.2 Å². The normalized spacial score (nSPS) is 11.8. The molecule has 0 aliphatic carbocycles. The first-order valence-corrected chi connectivity index (χ1v) is 36.0. The maximum Gasteiger partial charge on any atom is 0.164 e. The predicted octanol–water partition coefficient (Wildman–Crippen LogP) is 25.0. The number of nitrogens with zero attached hydrogens (tertiary/aromatic N) is 8. The van der Waals surface area contributed by atoms with E-state index in [0.29, 0.717) is 17.5 Å². The molecule has 106 heavy (non-hydrogen) atoms. The van der Waals surface area contributed by atoms with Crippen molar-refractivity contribution in [3.8, 4) is 113 Å². The quantitative estimate of drug-likeness (QED) is 0.122. The molecule has 494 valence electrons. The molecule has 0 fully saturated rings. The Hall–Kier alpha value is -14.3. The van der Waals surface area contributed by atoms with Gasteiger partial charge in [0.25, 0.3) is 0 Å². The Morgan fingerprint density at radius 3 is 0.962 bits per heavy atom. The van der Waals surface area contributed by atoms with E-state index in [1.807, 2.05) is 18.2 Å². The van der Waals surface area contributed by atoms with Crippen molar-refractivity contribution in [3.05, 3.63) is 376 Å². The van der Waals surface area contributed by atoms with Crippen molar-refractivity contribution in [3.63, 3.8) is 0 Å². The number of aromatic nitrogens is 8. The Balaban J connectivity index is 0.660. The average Bonchev–Trinajstić information content (AvgIpc) is 1.56. The lowest BCUT2D eigenvalue weighted by Crippen LogP contribution is -2.01. The van der Waals surface area contributed by atoms with E-state index in [4.69, 9.17) is 19.9 Å². The van der Waals surface area contributed by atoms with Crippen LogP contribution in [0.3, 0.4) is 0 Å². The Labute approximate surface area is 610 Å². The van der Waals surface area contributed by atoms with Gasteiger partial charge in [-0.3, -0.25) is 0 Å². The van der Waals surface area contributed by atoms with E-state index in [9.17, 15) is 0 Å². The summed E-state index contributed by atoms with van der Waals surface area (Å²) in [4.78, 5) is 21.3. The van der Waals surface area contributed by atoms with Gasteiger partial charge >= 0.3 is 0 Å². The summed E-state index contributed by atoms with van der Waals surface area (Å²) < 4.78 is 9.64. The van der Waals surface area contributed by atoms with Gasteiger partial charge in [0.15, 0.2) is 17.5 Å². The molecule has 6 heterocycles. The summed E-state index contributed by atoms with van der Waals surface area (Å²) in [7, 11) is 0. The molecule has 0 saturated carbocycles. The molecule has 0 spiro atoms. The lowest BCUT2D eigenvalue weighted by atomic mass is 9.98. The van der Waals surface area contributed by atoms with Crippen LogP contribution in [0.15, 0.2) is 376 Å². The number of pyridine rings is 1. The van der Waals surface area contributed by atoms with Crippen LogP contribution in [0.5, 0.6) is 0 Å². The number of para-hydroxylation sites is 5. The molecule has 0 amide bonds. The van der Waals surface area contributed by atoms with Gasteiger partial charge in [-0.2, -0.15) is 0 Å².